The molecule has 16 heavy (non-hydrogen) atoms. The van der Waals surface area contributed by atoms with Crippen molar-refractivity contribution in [2.24, 2.45) is 0 Å². The Bertz CT molecular complexity index is 251. The van der Waals surface area contributed by atoms with Gasteiger partial charge in [0.2, 0.25) is 0 Å². The number of carbonyl (C=O) groups excluding carboxylic acids is 1. The van der Waals surface area contributed by atoms with Gasteiger partial charge in [0.25, 0.3) is 0 Å². The van der Waals surface area contributed by atoms with E-state index < -0.39 is 5.97 Å². The van der Waals surface area contributed by atoms with Crippen LogP contribution in [0.5, 0.6) is 0 Å². The molecular weight excluding hydrogens is 210 g/mol. The van der Waals surface area contributed by atoms with Crippen LogP contribution >= 0.6 is 0 Å². The Kier molecular flexibility index (Phi) is 14.0. The summed E-state index contributed by atoms with van der Waals surface area (Å²) in [5.74, 6) is -0.692. The van der Waals surface area contributed by atoms with E-state index in [1.54, 1.807) is 6.07 Å². The first kappa shape index (κ1) is 16.8. The summed E-state index contributed by atoms with van der Waals surface area (Å²) in [6.45, 7) is 9.79. The zero-order valence-corrected chi connectivity index (χ0v) is 9.44. The molecule has 0 aliphatic heterocycles. The number of aliphatic hydroxyl groups is 1. The highest BCUT2D eigenvalue weighted by Crippen LogP contribution is 1.90. The molecule has 0 unspecified atom stereocenters. The minimum Gasteiger partial charge on any atom is -0.457 e. The van der Waals surface area contributed by atoms with Crippen molar-refractivity contribution in [2.75, 3.05) is 26.4 Å². The fourth-order valence-electron chi connectivity index (χ4n) is 0.476. The Morgan fingerprint density at radius 3 is 2.56 bits per heavy atom. The average Bonchev–Trinajstić information content (AvgIpc) is 2.32. The number of carbonyl (C=O) groups is 1. The van der Waals surface area contributed by atoms with Crippen LogP contribution < -0.4 is 0 Å². The van der Waals surface area contributed by atoms with Crippen LogP contribution in [0.25, 0.3) is 0 Å². The number of esters is 1. The van der Waals surface area contributed by atoms with Crippen molar-refractivity contribution in [2.45, 2.75) is 6.92 Å². The topological polar surface area (TPSA) is 79.6 Å². The molecule has 0 saturated carbocycles. The van der Waals surface area contributed by atoms with E-state index in [0.717, 1.165) is 0 Å². The maximum absolute atomic E-state index is 10.5. The van der Waals surface area contributed by atoms with Crippen LogP contribution in [0.2, 0.25) is 0 Å². The van der Waals surface area contributed by atoms with Crippen molar-refractivity contribution in [1.82, 2.24) is 0 Å². The lowest BCUT2D eigenvalue weighted by Crippen LogP contribution is -2.05. The zero-order chi connectivity index (χ0) is 12.8. The van der Waals surface area contributed by atoms with E-state index in [1.807, 2.05) is 6.92 Å². The van der Waals surface area contributed by atoms with Gasteiger partial charge in [-0.15, -0.1) is 0 Å². The van der Waals surface area contributed by atoms with E-state index in [0.29, 0.717) is 13.2 Å². The molecule has 0 bridgehead atoms. The molecule has 0 saturated heterocycles. The van der Waals surface area contributed by atoms with E-state index in [1.165, 1.54) is 6.08 Å². The Morgan fingerprint density at radius 2 is 2.25 bits per heavy atom. The first-order chi connectivity index (χ1) is 7.63. The third-order valence-electron chi connectivity index (χ3n) is 1.15. The van der Waals surface area contributed by atoms with Crippen LogP contribution in [0, 0.1) is 11.3 Å². The maximum Gasteiger partial charge on any atom is 0.348 e. The van der Waals surface area contributed by atoms with Crippen LogP contribution in [-0.4, -0.2) is 37.5 Å². The molecule has 0 atom stereocenters. The summed E-state index contributed by atoms with van der Waals surface area (Å²) in [6, 6.07) is 1.57. The van der Waals surface area contributed by atoms with Crippen LogP contribution in [0.4, 0.5) is 0 Å². The summed E-state index contributed by atoms with van der Waals surface area (Å²) in [7, 11) is 0. The molecule has 5 nitrogen and oxygen atoms in total. The fraction of sp³-hybridized carbons (Fsp3) is 0.455. The second kappa shape index (κ2) is 13.4. The Balaban J connectivity index is 0. The molecule has 1 N–H and O–H groups in total. The molecule has 90 valence electrons. The van der Waals surface area contributed by atoms with Crippen LogP contribution in [0.3, 0.4) is 0 Å². The van der Waals surface area contributed by atoms with Crippen molar-refractivity contribution < 1.29 is 19.4 Å². The van der Waals surface area contributed by atoms with Gasteiger partial charge in [-0.3, -0.25) is 0 Å². The minimum absolute atomic E-state index is 0.111. The normalized spacial score (nSPS) is 8.06. The molecule has 0 fully saturated rings. The summed E-state index contributed by atoms with van der Waals surface area (Å²) >= 11 is 0. The number of nitriles is 1. The molecule has 5 heteroatoms. The quantitative estimate of drug-likeness (QED) is 0.239. The molecule has 0 radical (unpaired) electrons. The van der Waals surface area contributed by atoms with Gasteiger partial charge in [0.1, 0.15) is 18.2 Å². The minimum atomic E-state index is -0.692. The number of hydrogen-bond acceptors (Lipinski definition) is 5. The predicted octanol–water partition coefficient (Wildman–Crippen LogP) is 0.811. The number of hydrogen-bond donors (Lipinski definition) is 1. The molecule has 0 heterocycles. The second-order valence-electron chi connectivity index (χ2n) is 2.40. The molecule has 0 aromatic carbocycles. The summed E-state index contributed by atoms with van der Waals surface area (Å²) in [5, 5.41) is 16.2. The Hall–Kier alpha value is -1.64. The van der Waals surface area contributed by atoms with Crippen molar-refractivity contribution in [3.05, 3.63) is 24.8 Å². The van der Waals surface area contributed by atoms with Gasteiger partial charge in [-0.05, 0) is 6.92 Å². The van der Waals surface area contributed by atoms with Gasteiger partial charge in [0.15, 0.2) is 0 Å². The zero-order valence-electron chi connectivity index (χ0n) is 9.44. The second-order valence-corrected chi connectivity index (χ2v) is 2.40. The van der Waals surface area contributed by atoms with Gasteiger partial charge in [-0.25, -0.2) is 4.79 Å². The molecule has 0 aliphatic carbocycles. The molecule has 0 aromatic rings. The SMILES string of the molecule is C=CCOC(=O)C(=C)C#N.CCOCCO. The predicted molar refractivity (Wildman–Crippen MR) is 59.5 cm³/mol. The van der Waals surface area contributed by atoms with E-state index in [2.05, 4.69) is 17.9 Å². The first-order valence-electron chi connectivity index (χ1n) is 4.69. The number of ether oxygens (including phenoxy) is 2. The van der Waals surface area contributed by atoms with Crippen molar-refractivity contribution in [1.29, 1.82) is 5.26 Å². The van der Waals surface area contributed by atoms with Gasteiger partial charge in [0.05, 0.1) is 13.2 Å². The largest absolute Gasteiger partial charge is 0.457 e. The highest BCUT2D eigenvalue weighted by molar-refractivity contribution is 5.91. The average molecular weight is 227 g/mol. The maximum atomic E-state index is 10.5. The van der Waals surface area contributed by atoms with E-state index in [-0.39, 0.29) is 18.8 Å². The Morgan fingerprint density at radius 1 is 1.62 bits per heavy atom. The molecule has 0 amide bonds. The first-order valence-corrected chi connectivity index (χ1v) is 4.69. The lowest BCUT2D eigenvalue weighted by molar-refractivity contribution is -0.137. The number of aliphatic hydroxyl groups excluding tert-OH is 1. The molecule has 0 spiro atoms. The molecule has 0 rings (SSSR count). The summed E-state index contributed by atoms with van der Waals surface area (Å²) in [6.07, 6.45) is 1.42. The third kappa shape index (κ3) is 12.4. The van der Waals surface area contributed by atoms with Gasteiger partial charge >= 0.3 is 5.97 Å². The van der Waals surface area contributed by atoms with E-state index in [9.17, 15) is 4.79 Å². The van der Waals surface area contributed by atoms with Crippen LogP contribution in [-0.2, 0) is 14.3 Å². The van der Waals surface area contributed by atoms with Gasteiger partial charge < -0.3 is 14.6 Å². The van der Waals surface area contributed by atoms with Gasteiger partial charge in [-0.1, -0.05) is 19.2 Å². The smallest absolute Gasteiger partial charge is 0.348 e. The standard InChI is InChI=1S/C7H7NO2.C4H10O2/c1-3-4-10-7(9)6(2)5-8;1-2-6-4-3-5/h3H,1-2,4H2;5H,2-4H2,1H3. The van der Waals surface area contributed by atoms with E-state index >= 15 is 0 Å². The third-order valence-corrected chi connectivity index (χ3v) is 1.15. The Labute approximate surface area is 95.6 Å². The van der Waals surface area contributed by atoms with Crippen molar-refractivity contribution in [3.8, 4) is 6.07 Å². The monoisotopic (exact) mass is 227 g/mol. The van der Waals surface area contributed by atoms with Crippen molar-refractivity contribution in [3.63, 3.8) is 0 Å². The molecular formula is C11H17NO4. The van der Waals surface area contributed by atoms with Crippen LogP contribution in [0.15, 0.2) is 24.8 Å². The van der Waals surface area contributed by atoms with Crippen molar-refractivity contribution >= 4 is 5.97 Å². The van der Waals surface area contributed by atoms with Crippen LogP contribution in [0.1, 0.15) is 6.92 Å². The van der Waals surface area contributed by atoms with E-state index in [4.69, 9.17) is 15.1 Å². The lowest BCUT2D eigenvalue weighted by Gasteiger charge is -1.95. The van der Waals surface area contributed by atoms with Gasteiger partial charge in [0, 0.05) is 6.61 Å². The highest BCUT2D eigenvalue weighted by atomic mass is 16.5. The van der Waals surface area contributed by atoms with Gasteiger partial charge in [-0.2, -0.15) is 5.26 Å². The highest BCUT2D eigenvalue weighted by Gasteiger charge is 2.04. The lowest BCUT2D eigenvalue weighted by atomic mass is 10.3. The summed E-state index contributed by atoms with van der Waals surface area (Å²) in [5.41, 5.74) is -0.193. The summed E-state index contributed by atoms with van der Waals surface area (Å²) < 4.78 is 9.20. The molecule has 0 aromatic heterocycles. The molecule has 0 aliphatic rings. The summed E-state index contributed by atoms with van der Waals surface area (Å²) in [4.78, 5) is 10.5. The number of nitrogens with zero attached hydrogens (tertiary/aromatic N) is 1. The fourth-order valence-corrected chi connectivity index (χ4v) is 0.476. The number of rotatable bonds is 6.